The summed E-state index contributed by atoms with van der Waals surface area (Å²) in [5.74, 6) is -0.328. The molecular weight excluding hydrogens is 216 g/mol. The molecule has 3 nitrogen and oxygen atoms in total. The Hall–Kier alpha value is -1.65. The van der Waals surface area contributed by atoms with Crippen molar-refractivity contribution < 1.29 is 18.3 Å². The zero-order chi connectivity index (χ0) is 12.3. The minimum atomic E-state index is -2.79. The predicted octanol–water partition coefficient (Wildman–Crippen LogP) is 2.81. The first kappa shape index (κ1) is 12.4. The van der Waals surface area contributed by atoms with Crippen molar-refractivity contribution in [1.82, 2.24) is 0 Å². The predicted molar refractivity (Wildman–Crippen MR) is 57.0 cm³/mol. The summed E-state index contributed by atoms with van der Waals surface area (Å²) in [6, 6.07) is 2.75. The lowest BCUT2D eigenvalue weighted by Gasteiger charge is -2.14. The molecule has 0 radical (unpaired) electrons. The first-order valence-electron chi connectivity index (χ1n) is 4.83. The summed E-state index contributed by atoms with van der Waals surface area (Å²) in [4.78, 5) is 11.3. The normalized spacial score (nSPS) is 10.6. The van der Waals surface area contributed by atoms with Gasteiger partial charge in [-0.15, -0.1) is 0 Å². The highest BCUT2D eigenvalue weighted by molar-refractivity contribution is 5.99. The molecule has 0 heterocycles. The molecule has 0 bridgehead atoms. The number of hydrogen-bond acceptors (Lipinski definition) is 3. The molecule has 0 unspecified atom stereocenters. The van der Waals surface area contributed by atoms with Gasteiger partial charge in [-0.3, -0.25) is 4.79 Å². The van der Waals surface area contributed by atoms with Gasteiger partial charge >= 0.3 is 0 Å². The summed E-state index contributed by atoms with van der Waals surface area (Å²) < 4.78 is 30.7. The summed E-state index contributed by atoms with van der Waals surface area (Å²) in [5.41, 5.74) is 4.77. The highest BCUT2D eigenvalue weighted by Gasteiger charge is 2.23. The molecule has 5 heteroatoms. The Morgan fingerprint density at radius 1 is 1.50 bits per heavy atom. The van der Waals surface area contributed by atoms with E-state index in [4.69, 9.17) is 10.5 Å². The molecule has 0 aliphatic rings. The van der Waals surface area contributed by atoms with Gasteiger partial charge in [-0.1, -0.05) is 0 Å². The van der Waals surface area contributed by atoms with Crippen LogP contribution in [0, 0.1) is 0 Å². The van der Waals surface area contributed by atoms with Crippen LogP contribution in [0.25, 0.3) is 0 Å². The van der Waals surface area contributed by atoms with E-state index in [-0.39, 0.29) is 17.0 Å². The zero-order valence-electron chi connectivity index (χ0n) is 9.09. The molecule has 16 heavy (non-hydrogen) atoms. The van der Waals surface area contributed by atoms with E-state index in [0.717, 1.165) is 0 Å². The Kier molecular flexibility index (Phi) is 3.82. The Labute approximate surface area is 92.2 Å². The van der Waals surface area contributed by atoms with Crippen LogP contribution in [0.15, 0.2) is 12.1 Å². The topological polar surface area (TPSA) is 52.3 Å². The van der Waals surface area contributed by atoms with E-state index in [0.29, 0.717) is 6.61 Å². The minimum Gasteiger partial charge on any atom is -0.493 e. The van der Waals surface area contributed by atoms with Crippen molar-refractivity contribution in [3.05, 3.63) is 23.3 Å². The zero-order valence-corrected chi connectivity index (χ0v) is 9.09. The van der Waals surface area contributed by atoms with Gasteiger partial charge in [0.2, 0.25) is 0 Å². The van der Waals surface area contributed by atoms with Crippen LogP contribution in [0.4, 0.5) is 14.5 Å². The fraction of sp³-hybridized carbons (Fsp3) is 0.364. The fourth-order valence-electron chi connectivity index (χ4n) is 1.49. The number of hydrogen-bond donors (Lipinski definition) is 1. The molecule has 1 rings (SSSR count). The first-order valence-corrected chi connectivity index (χ1v) is 4.83. The minimum absolute atomic E-state index is 0.0938. The number of carbonyl (C=O) groups excluding carboxylic acids is 1. The van der Waals surface area contributed by atoms with Crippen LogP contribution < -0.4 is 10.5 Å². The van der Waals surface area contributed by atoms with Crippen LogP contribution in [0.2, 0.25) is 0 Å². The van der Waals surface area contributed by atoms with Crippen molar-refractivity contribution in [3.63, 3.8) is 0 Å². The van der Waals surface area contributed by atoms with Crippen LogP contribution in [0.1, 0.15) is 36.2 Å². The molecular formula is C11H13F2NO2. The lowest BCUT2D eigenvalue weighted by molar-refractivity contribution is 0.0994. The van der Waals surface area contributed by atoms with Crippen molar-refractivity contribution in [3.8, 4) is 5.75 Å². The highest BCUT2D eigenvalue weighted by Crippen LogP contribution is 2.34. The van der Waals surface area contributed by atoms with E-state index in [9.17, 15) is 13.6 Å². The Bertz CT molecular complexity index is 405. The van der Waals surface area contributed by atoms with Crippen molar-refractivity contribution >= 4 is 11.5 Å². The van der Waals surface area contributed by atoms with Crippen LogP contribution in [-0.2, 0) is 0 Å². The maximum atomic E-state index is 12.8. The third kappa shape index (κ3) is 2.29. The number of anilines is 1. The van der Waals surface area contributed by atoms with Gasteiger partial charge in [-0.05, 0) is 26.0 Å². The molecule has 1 aromatic rings. The first-order chi connectivity index (χ1) is 7.49. The third-order valence-corrected chi connectivity index (χ3v) is 2.11. The SMILES string of the molecule is CCOc1ccc(N)c(C(F)F)c1C(C)=O. The van der Waals surface area contributed by atoms with Gasteiger partial charge in [-0.25, -0.2) is 8.78 Å². The molecule has 88 valence electrons. The second-order valence-corrected chi connectivity index (χ2v) is 3.23. The monoisotopic (exact) mass is 229 g/mol. The van der Waals surface area contributed by atoms with Crippen molar-refractivity contribution in [2.24, 2.45) is 0 Å². The van der Waals surface area contributed by atoms with Crippen LogP contribution >= 0.6 is 0 Å². The maximum Gasteiger partial charge on any atom is 0.266 e. The van der Waals surface area contributed by atoms with Crippen molar-refractivity contribution in [1.29, 1.82) is 0 Å². The molecule has 0 atom stereocenters. The van der Waals surface area contributed by atoms with Gasteiger partial charge in [0.05, 0.1) is 17.7 Å². The number of carbonyl (C=O) groups is 1. The van der Waals surface area contributed by atoms with E-state index < -0.39 is 17.8 Å². The Morgan fingerprint density at radius 3 is 2.56 bits per heavy atom. The molecule has 0 aliphatic carbocycles. The van der Waals surface area contributed by atoms with Gasteiger partial charge in [-0.2, -0.15) is 0 Å². The Morgan fingerprint density at radius 2 is 2.12 bits per heavy atom. The van der Waals surface area contributed by atoms with Crippen LogP contribution in [0.5, 0.6) is 5.75 Å². The number of benzene rings is 1. The van der Waals surface area contributed by atoms with E-state index in [1.807, 2.05) is 0 Å². The second kappa shape index (κ2) is 4.92. The van der Waals surface area contributed by atoms with E-state index >= 15 is 0 Å². The van der Waals surface area contributed by atoms with E-state index in [2.05, 4.69) is 0 Å². The summed E-state index contributed by atoms with van der Waals surface area (Å²) in [5, 5.41) is 0. The number of halogens is 2. The maximum absolute atomic E-state index is 12.8. The molecule has 0 amide bonds. The smallest absolute Gasteiger partial charge is 0.266 e. The van der Waals surface area contributed by atoms with Crippen molar-refractivity contribution in [2.75, 3.05) is 12.3 Å². The van der Waals surface area contributed by atoms with Gasteiger partial charge in [0.1, 0.15) is 5.75 Å². The Balaban J connectivity index is 3.43. The number of ketones is 1. The molecule has 0 saturated heterocycles. The summed E-state index contributed by atoms with van der Waals surface area (Å²) in [6.07, 6.45) is -2.79. The van der Waals surface area contributed by atoms with Crippen molar-refractivity contribution in [2.45, 2.75) is 20.3 Å². The molecule has 0 spiro atoms. The van der Waals surface area contributed by atoms with Gasteiger partial charge in [0, 0.05) is 5.69 Å². The van der Waals surface area contributed by atoms with E-state index in [1.165, 1.54) is 19.1 Å². The van der Waals surface area contributed by atoms with E-state index in [1.54, 1.807) is 6.92 Å². The number of rotatable bonds is 4. The quantitative estimate of drug-likeness (QED) is 0.638. The lowest BCUT2D eigenvalue weighted by Crippen LogP contribution is -2.08. The third-order valence-electron chi connectivity index (χ3n) is 2.11. The molecule has 0 aliphatic heterocycles. The summed E-state index contributed by atoms with van der Waals surface area (Å²) in [7, 11) is 0. The standard InChI is InChI=1S/C11H13F2NO2/c1-3-16-8-5-4-7(14)10(11(12)13)9(8)6(2)15/h4-5,11H,3,14H2,1-2H3. The van der Waals surface area contributed by atoms with Gasteiger partial charge in [0.25, 0.3) is 6.43 Å². The summed E-state index contributed by atoms with van der Waals surface area (Å²) in [6.45, 7) is 3.22. The number of Topliss-reactive ketones (excluding diaryl/α,β-unsaturated/α-hetero) is 1. The number of nitrogens with two attached hydrogens (primary N) is 1. The lowest BCUT2D eigenvalue weighted by atomic mass is 10.0. The van der Waals surface area contributed by atoms with Crippen LogP contribution in [-0.4, -0.2) is 12.4 Å². The summed E-state index contributed by atoms with van der Waals surface area (Å²) >= 11 is 0. The average molecular weight is 229 g/mol. The fourth-order valence-corrected chi connectivity index (χ4v) is 1.49. The average Bonchev–Trinajstić information content (AvgIpc) is 2.19. The number of ether oxygens (including phenoxy) is 1. The second-order valence-electron chi connectivity index (χ2n) is 3.23. The largest absolute Gasteiger partial charge is 0.493 e. The number of nitrogen functional groups attached to an aromatic ring is 1. The molecule has 0 fully saturated rings. The molecule has 2 N–H and O–H groups in total. The number of alkyl halides is 2. The molecule has 1 aromatic carbocycles. The van der Waals surface area contributed by atoms with Gasteiger partial charge < -0.3 is 10.5 Å². The van der Waals surface area contributed by atoms with Crippen LogP contribution in [0.3, 0.4) is 0 Å². The van der Waals surface area contributed by atoms with Gasteiger partial charge in [0.15, 0.2) is 5.78 Å². The molecule has 0 aromatic heterocycles. The highest BCUT2D eigenvalue weighted by atomic mass is 19.3. The molecule has 0 saturated carbocycles.